The summed E-state index contributed by atoms with van der Waals surface area (Å²) in [6.45, 7) is 5.16. The standard InChI is InChI=1S/C4H6O3.C4H8O2/c1-2-3(5)4(6)7;1-3-6-4(2)5/h2H2,1H3,(H,6,7);3H2,1-2H3. The van der Waals surface area contributed by atoms with Crippen LogP contribution in [0.5, 0.6) is 0 Å². The van der Waals surface area contributed by atoms with Crippen LogP contribution in [-0.4, -0.2) is 29.4 Å². The van der Waals surface area contributed by atoms with Gasteiger partial charge in [-0.3, -0.25) is 9.59 Å². The lowest BCUT2D eigenvalue weighted by Crippen LogP contribution is -2.09. The molecule has 5 nitrogen and oxygen atoms in total. The minimum absolute atomic E-state index is 0.0787. The summed E-state index contributed by atoms with van der Waals surface area (Å²) in [6.07, 6.45) is 0.0787. The summed E-state index contributed by atoms with van der Waals surface area (Å²) >= 11 is 0. The summed E-state index contributed by atoms with van der Waals surface area (Å²) in [5.74, 6) is -2.29. The van der Waals surface area contributed by atoms with Crippen LogP contribution in [0.15, 0.2) is 0 Å². The van der Waals surface area contributed by atoms with E-state index < -0.39 is 11.8 Å². The molecule has 0 aliphatic carbocycles. The molecule has 0 aliphatic rings. The highest BCUT2D eigenvalue weighted by Gasteiger charge is 2.05. The lowest BCUT2D eigenvalue weighted by atomic mass is 10.3. The van der Waals surface area contributed by atoms with E-state index in [1.54, 1.807) is 6.92 Å². The molecule has 0 heterocycles. The minimum atomic E-state index is -1.34. The van der Waals surface area contributed by atoms with Crippen LogP contribution in [0.1, 0.15) is 27.2 Å². The van der Waals surface area contributed by atoms with Gasteiger partial charge in [-0.15, -0.1) is 0 Å². The van der Waals surface area contributed by atoms with E-state index in [1.807, 2.05) is 0 Å². The van der Waals surface area contributed by atoms with Crippen molar-refractivity contribution in [2.24, 2.45) is 0 Å². The average Bonchev–Trinajstić information content (AvgIpc) is 2.03. The number of ketones is 1. The van der Waals surface area contributed by atoms with E-state index in [0.29, 0.717) is 6.61 Å². The van der Waals surface area contributed by atoms with E-state index >= 15 is 0 Å². The Morgan fingerprint density at radius 2 is 1.69 bits per heavy atom. The number of rotatable bonds is 3. The summed E-state index contributed by atoms with van der Waals surface area (Å²) < 4.78 is 4.40. The fourth-order valence-electron chi connectivity index (χ4n) is 0.354. The molecule has 0 aromatic carbocycles. The Bertz CT molecular complexity index is 185. The monoisotopic (exact) mass is 190 g/mol. The van der Waals surface area contributed by atoms with E-state index in [-0.39, 0.29) is 12.4 Å². The van der Waals surface area contributed by atoms with Crippen molar-refractivity contribution >= 4 is 17.7 Å². The Morgan fingerprint density at radius 1 is 1.23 bits per heavy atom. The summed E-state index contributed by atoms with van der Waals surface area (Å²) in [4.78, 5) is 29.3. The van der Waals surface area contributed by atoms with Crippen LogP contribution in [0.25, 0.3) is 0 Å². The number of carbonyl (C=O) groups is 3. The zero-order chi connectivity index (χ0) is 10.9. The number of carboxylic acids is 1. The Morgan fingerprint density at radius 3 is 1.69 bits per heavy atom. The third-order valence-electron chi connectivity index (χ3n) is 0.907. The summed E-state index contributed by atoms with van der Waals surface area (Å²) in [5, 5.41) is 7.83. The number of Topliss-reactive ketones (excluding diaryl/α,β-unsaturated/α-hetero) is 1. The molecule has 0 fully saturated rings. The molecule has 0 aliphatic heterocycles. The van der Waals surface area contributed by atoms with Crippen LogP contribution in [-0.2, 0) is 19.1 Å². The molecule has 0 saturated carbocycles. The van der Waals surface area contributed by atoms with Gasteiger partial charge in [0.05, 0.1) is 6.61 Å². The quantitative estimate of drug-likeness (QED) is 0.521. The molecule has 0 radical (unpaired) electrons. The molecule has 0 amide bonds. The van der Waals surface area contributed by atoms with Crippen molar-refractivity contribution in [1.29, 1.82) is 0 Å². The highest BCUT2D eigenvalue weighted by molar-refractivity contribution is 6.32. The third kappa shape index (κ3) is 13.6. The topological polar surface area (TPSA) is 80.7 Å². The number of esters is 1. The maximum absolute atomic E-state index is 9.91. The van der Waals surface area contributed by atoms with Gasteiger partial charge in [-0.05, 0) is 6.92 Å². The fourth-order valence-corrected chi connectivity index (χ4v) is 0.354. The van der Waals surface area contributed by atoms with Crippen LogP contribution in [0.4, 0.5) is 0 Å². The van der Waals surface area contributed by atoms with Crippen molar-refractivity contribution in [2.75, 3.05) is 6.61 Å². The van der Waals surface area contributed by atoms with Crippen LogP contribution in [0.2, 0.25) is 0 Å². The molecular weight excluding hydrogens is 176 g/mol. The third-order valence-corrected chi connectivity index (χ3v) is 0.907. The van der Waals surface area contributed by atoms with Crippen molar-refractivity contribution < 1.29 is 24.2 Å². The smallest absolute Gasteiger partial charge is 0.372 e. The van der Waals surface area contributed by atoms with E-state index in [1.165, 1.54) is 13.8 Å². The van der Waals surface area contributed by atoms with Crippen molar-refractivity contribution in [3.05, 3.63) is 0 Å². The highest BCUT2D eigenvalue weighted by atomic mass is 16.5. The number of hydrogen-bond donors (Lipinski definition) is 1. The molecule has 0 bridgehead atoms. The Kier molecular flexibility index (Phi) is 9.48. The van der Waals surface area contributed by atoms with Crippen molar-refractivity contribution in [3.8, 4) is 0 Å². The molecule has 0 unspecified atom stereocenters. The predicted molar refractivity (Wildman–Crippen MR) is 45.2 cm³/mol. The van der Waals surface area contributed by atoms with Crippen LogP contribution < -0.4 is 0 Å². The van der Waals surface area contributed by atoms with Gasteiger partial charge in [-0.2, -0.15) is 0 Å². The van der Waals surface area contributed by atoms with Gasteiger partial charge in [0.2, 0.25) is 5.78 Å². The van der Waals surface area contributed by atoms with Gasteiger partial charge < -0.3 is 9.84 Å². The van der Waals surface area contributed by atoms with Crippen molar-refractivity contribution in [1.82, 2.24) is 0 Å². The zero-order valence-corrected chi connectivity index (χ0v) is 7.99. The molecule has 76 valence electrons. The van der Waals surface area contributed by atoms with Crippen LogP contribution in [0, 0.1) is 0 Å². The highest BCUT2D eigenvalue weighted by Crippen LogP contribution is 1.76. The van der Waals surface area contributed by atoms with Crippen molar-refractivity contribution in [2.45, 2.75) is 27.2 Å². The maximum Gasteiger partial charge on any atom is 0.372 e. The van der Waals surface area contributed by atoms with E-state index in [0.717, 1.165) is 0 Å². The second-order valence-electron chi connectivity index (χ2n) is 2.01. The largest absolute Gasteiger partial charge is 0.476 e. The number of ether oxygens (including phenoxy) is 1. The minimum Gasteiger partial charge on any atom is -0.476 e. The van der Waals surface area contributed by atoms with Gasteiger partial charge >= 0.3 is 11.9 Å². The molecule has 0 spiro atoms. The lowest BCUT2D eigenvalue weighted by Gasteiger charge is -1.89. The van der Waals surface area contributed by atoms with Crippen molar-refractivity contribution in [3.63, 3.8) is 0 Å². The zero-order valence-electron chi connectivity index (χ0n) is 7.99. The SMILES string of the molecule is CCC(=O)C(=O)O.CCOC(C)=O. The average molecular weight is 190 g/mol. The Balaban J connectivity index is 0. The molecule has 0 atom stereocenters. The molecular formula is C8H14O5. The number of carboxylic acid groups (broad SMARTS) is 1. The molecule has 0 saturated heterocycles. The van der Waals surface area contributed by atoms with E-state index in [4.69, 9.17) is 5.11 Å². The molecule has 13 heavy (non-hydrogen) atoms. The molecule has 0 rings (SSSR count). The first-order valence-corrected chi connectivity index (χ1v) is 3.85. The van der Waals surface area contributed by atoms with E-state index in [2.05, 4.69) is 4.74 Å². The van der Waals surface area contributed by atoms with Gasteiger partial charge in [-0.25, -0.2) is 4.79 Å². The summed E-state index contributed by atoms with van der Waals surface area (Å²) in [7, 11) is 0. The van der Waals surface area contributed by atoms with Gasteiger partial charge in [-0.1, -0.05) is 6.92 Å². The number of carbonyl (C=O) groups excluding carboxylic acids is 2. The first-order valence-electron chi connectivity index (χ1n) is 3.85. The van der Waals surface area contributed by atoms with Gasteiger partial charge in [0.15, 0.2) is 0 Å². The normalized spacial score (nSPS) is 7.92. The van der Waals surface area contributed by atoms with Crippen LogP contribution in [0.3, 0.4) is 0 Å². The second kappa shape index (κ2) is 8.70. The lowest BCUT2D eigenvalue weighted by molar-refractivity contribution is -0.148. The Labute approximate surface area is 76.7 Å². The maximum atomic E-state index is 9.91. The van der Waals surface area contributed by atoms with Crippen LogP contribution >= 0.6 is 0 Å². The molecule has 0 aromatic heterocycles. The number of aliphatic carboxylic acids is 1. The van der Waals surface area contributed by atoms with Gasteiger partial charge in [0.1, 0.15) is 0 Å². The molecule has 1 N–H and O–H groups in total. The first-order chi connectivity index (χ1) is 5.95. The Hall–Kier alpha value is -1.39. The fraction of sp³-hybridized carbons (Fsp3) is 0.625. The summed E-state index contributed by atoms with van der Waals surface area (Å²) in [5.41, 5.74) is 0. The predicted octanol–water partition coefficient (Wildman–Crippen LogP) is 0.619. The summed E-state index contributed by atoms with van der Waals surface area (Å²) in [6, 6.07) is 0. The molecule has 5 heteroatoms. The molecule has 0 aromatic rings. The van der Waals surface area contributed by atoms with Gasteiger partial charge in [0.25, 0.3) is 0 Å². The number of hydrogen-bond acceptors (Lipinski definition) is 4. The second-order valence-corrected chi connectivity index (χ2v) is 2.01. The van der Waals surface area contributed by atoms with E-state index in [9.17, 15) is 14.4 Å². The van der Waals surface area contributed by atoms with Gasteiger partial charge in [0, 0.05) is 13.3 Å². The first kappa shape index (κ1) is 14.2.